The minimum Gasteiger partial charge on any atom is -0.310 e. The number of nitro benzene ring substituents is 1. The first kappa shape index (κ1) is 15.2. The lowest BCUT2D eigenvalue weighted by atomic mass is 10.1. The summed E-state index contributed by atoms with van der Waals surface area (Å²) >= 11 is 0. The molecule has 0 fully saturated rings. The number of aromatic nitrogens is 2. The fourth-order valence-electron chi connectivity index (χ4n) is 2.35. The van der Waals surface area contributed by atoms with Gasteiger partial charge in [-0.2, -0.15) is 5.10 Å². The van der Waals surface area contributed by atoms with Gasteiger partial charge in [0.1, 0.15) is 0 Å². The van der Waals surface area contributed by atoms with E-state index in [0.717, 1.165) is 24.1 Å². The second-order valence-electron chi connectivity index (χ2n) is 4.92. The highest BCUT2D eigenvalue weighted by Crippen LogP contribution is 2.17. The lowest BCUT2D eigenvalue weighted by molar-refractivity contribution is -0.384. The smallest absolute Gasteiger partial charge is 0.269 e. The molecule has 0 bridgehead atoms. The van der Waals surface area contributed by atoms with E-state index in [1.165, 1.54) is 6.07 Å². The molecule has 0 aliphatic heterocycles. The predicted molar refractivity (Wildman–Crippen MR) is 81.1 cm³/mol. The molecule has 112 valence electrons. The van der Waals surface area contributed by atoms with E-state index in [0.29, 0.717) is 12.6 Å². The van der Waals surface area contributed by atoms with Gasteiger partial charge >= 0.3 is 0 Å². The van der Waals surface area contributed by atoms with Gasteiger partial charge in [0.05, 0.1) is 17.7 Å². The van der Waals surface area contributed by atoms with Crippen LogP contribution in [0.4, 0.5) is 5.69 Å². The molecule has 21 heavy (non-hydrogen) atoms. The highest BCUT2D eigenvalue weighted by molar-refractivity contribution is 5.34. The van der Waals surface area contributed by atoms with Crippen LogP contribution in [-0.4, -0.2) is 21.2 Å². The fraction of sp³-hybridized carbons (Fsp3) is 0.400. The molecule has 0 radical (unpaired) electrons. The van der Waals surface area contributed by atoms with Gasteiger partial charge < -0.3 is 5.32 Å². The van der Waals surface area contributed by atoms with Crippen LogP contribution < -0.4 is 5.32 Å². The molecule has 0 aliphatic rings. The minimum atomic E-state index is -0.379. The number of nitro groups is 1. The van der Waals surface area contributed by atoms with E-state index < -0.39 is 0 Å². The van der Waals surface area contributed by atoms with E-state index >= 15 is 0 Å². The van der Waals surface area contributed by atoms with E-state index in [4.69, 9.17) is 0 Å². The highest BCUT2D eigenvalue weighted by atomic mass is 16.6. The normalized spacial score (nSPS) is 12.3. The number of nitrogens with one attached hydrogen (secondary N) is 1. The summed E-state index contributed by atoms with van der Waals surface area (Å²) in [6, 6.07) is 6.95. The van der Waals surface area contributed by atoms with Gasteiger partial charge in [-0.1, -0.05) is 26.0 Å². The van der Waals surface area contributed by atoms with Gasteiger partial charge in [0.2, 0.25) is 0 Å². The van der Waals surface area contributed by atoms with Crippen molar-refractivity contribution in [2.24, 2.45) is 0 Å². The van der Waals surface area contributed by atoms with Crippen molar-refractivity contribution in [3.05, 3.63) is 57.9 Å². The number of hydrogen-bond donors (Lipinski definition) is 1. The zero-order chi connectivity index (χ0) is 15.2. The molecule has 0 amide bonds. The van der Waals surface area contributed by atoms with Crippen LogP contribution in [-0.2, 0) is 6.54 Å². The van der Waals surface area contributed by atoms with E-state index in [2.05, 4.69) is 24.3 Å². The summed E-state index contributed by atoms with van der Waals surface area (Å²) in [5.41, 5.74) is 2.12. The number of hydrogen-bond acceptors (Lipinski definition) is 4. The summed E-state index contributed by atoms with van der Waals surface area (Å²) in [5, 5.41) is 18.5. The molecular weight excluding hydrogens is 268 g/mol. The Morgan fingerprint density at radius 1 is 1.43 bits per heavy atom. The lowest BCUT2D eigenvalue weighted by Crippen LogP contribution is -2.19. The molecule has 1 heterocycles. The van der Waals surface area contributed by atoms with E-state index in [9.17, 15) is 10.1 Å². The van der Waals surface area contributed by atoms with Crippen molar-refractivity contribution in [1.82, 2.24) is 15.1 Å². The summed E-state index contributed by atoms with van der Waals surface area (Å²) < 4.78 is 1.81. The third-order valence-corrected chi connectivity index (χ3v) is 3.38. The molecule has 1 aromatic carbocycles. The Labute approximate surface area is 123 Å². The van der Waals surface area contributed by atoms with Crippen molar-refractivity contribution in [2.75, 3.05) is 6.54 Å². The average molecular weight is 288 g/mol. The van der Waals surface area contributed by atoms with Crippen molar-refractivity contribution in [1.29, 1.82) is 0 Å². The van der Waals surface area contributed by atoms with E-state index in [1.54, 1.807) is 12.1 Å². The second-order valence-corrected chi connectivity index (χ2v) is 4.92. The Morgan fingerprint density at radius 2 is 2.24 bits per heavy atom. The molecule has 1 N–H and O–H groups in total. The zero-order valence-corrected chi connectivity index (χ0v) is 12.3. The Bertz CT molecular complexity index is 609. The van der Waals surface area contributed by atoms with Gasteiger partial charge in [-0.15, -0.1) is 0 Å². The van der Waals surface area contributed by atoms with Crippen LogP contribution >= 0.6 is 0 Å². The third kappa shape index (κ3) is 3.88. The molecule has 1 unspecified atom stereocenters. The molecule has 1 aromatic heterocycles. The monoisotopic (exact) mass is 288 g/mol. The Hall–Kier alpha value is -2.21. The molecule has 2 aromatic rings. The summed E-state index contributed by atoms with van der Waals surface area (Å²) in [5.74, 6) is 0. The maximum atomic E-state index is 10.8. The standard InChI is InChI=1S/C15H20N4O2/c1-3-15(16-4-2)13-9-17-18(11-13)10-12-6-5-7-14(8-12)19(20)21/h5-9,11,15-16H,3-4,10H2,1-2H3. The van der Waals surface area contributed by atoms with Crippen LogP contribution in [0.1, 0.15) is 37.4 Å². The Morgan fingerprint density at radius 3 is 2.90 bits per heavy atom. The van der Waals surface area contributed by atoms with Crippen molar-refractivity contribution >= 4 is 5.69 Å². The van der Waals surface area contributed by atoms with Crippen molar-refractivity contribution in [3.8, 4) is 0 Å². The van der Waals surface area contributed by atoms with Crippen LogP contribution in [0, 0.1) is 10.1 Å². The van der Waals surface area contributed by atoms with Crippen molar-refractivity contribution in [2.45, 2.75) is 32.9 Å². The molecule has 0 saturated heterocycles. The van der Waals surface area contributed by atoms with Crippen LogP contribution in [0.2, 0.25) is 0 Å². The first-order chi connectivity index (χ1) is 10.1. The predicted octanol–water partition coefficient (Wildman–Crippen LogP) is 2.90. The largest absolute Gasteiger partial charge is 0.310 e. The number of rotatable bonds is 7. The molecule has 6 heteroatoms. The lowest BCUT2D eigenvalue weighted by Gasteiger charge is -2.13. The van der Waals surface area contributed by atoms with Gasteiger partial charge in [0, 0.05) is 29.9 Å². The Kier molecular flexibility index (Phi) is 5.05. The summed E-state index contributed by atoms with van der Waals surface area (Å²) in [6.07, 6.45) is 4.85. The second kappa shape index (κ2) is 6.99. The van der Waals surface area contributed by atoms with Crippen molar-refractivity contribution < 1.29 is 4.92 Å². The number of benzene rings is 1. The topological polar surface area (TPSA) is 73.0 Å². The quantitative estimate of drug-likeness (QED) is 0.628. The zero-order valence-electron chi connectivity index (χ0n) is 12.3. The maximum Gasteiger partial charge on any atom is 0.269 e. The van der Waals surface area contributed by atoms with Gasteiger partial charge in [-0.05, 0) is 18.5 Å². The summed E-state index contributed by atoms with van der Waals surface area (Å²) in [6.45, 7) is 5.65. The van der Waals surface area contributed by atoms with E-state index in [1.807, 2.05) is 23.1 Å². The Balaban J connectivity index is 2.12. The molecular formula is C15H20N4O2. The van der Waals surface area contributed by atoms with E-state index in [-0.39, 0.29) is 10.6 Å². The molecule has 0 aliphatic carbocycles. The fourth-order valence-corrected chi connectivity index (χ4v) is 2.35. The maximum absolute atomic E-state index is 10.8. The van der Waals surface area contributed by atoms with Crippen LogP contribution in [0.15, 0.2) is 36.7 Å². The first-order valence-corrected chi connectivity index (χ1v) is 7.13. The molecule has 0 saturated carbocycles. The molecule has 1 atom stereocenters. The molecule has 0 spiro atoms. The SMILES string of the molecule is CCNC(CC)c1cnn(Cc2cccc([N+](=O)[O-])c2)c1. The van der Waals surface area contributed by atoms with Crippen LogP contribution in [0.25, 0.3) is 0 Å². The van der Waals surface area contributed by atoms with Gasteiger partial charge in [-0.3, -0.25) is 14.8 Å². The van der Waals surface area contributed by atoms with Crippen LogP contribution in [0.5, 0.6) is 0 Å². The number of nitrogens with zero attached hydrogens (tertiary/aromatic N) is 3. The summed E-state index contributed by atoms with van der Waals surface area (Å²) in [4.78, 5) is 10.4. The van der Waals surface area contributed by atoms with Gasteiger partial charge in [0.15, 0.2) is 0 Å². The van der Waals surface area contributed by atoms with Gasteiger partial charge in [0.25, 0.3) is 5.69 Å². The first-order valence-electron chi connectivity index (χ1n) is 7.13. The highest BCUT2D eigenvalue weighted by Gasteiger charge is 2.11. The van der Waals surface area contributed by atoms with Gasteiger partial charge in [-0.25, -0.2) is 0 Å². The van der Waals surface area contributed by atoms with Crippen LogP contribution in [0.3, 0.4) is 0 Å². The average Bonchev–Trinajstić information content (AvgIpc) is 2.93. The van der Waals surface area contributed by atoms with Crippen molar-refractivity contribution in [3.63, 3.8) is 0 Å². The molecule has 6 nitrogen and oxygen atoms in total. The number of non-ortho nitro benzene ring substituents is 1. The molecule has 2 rings (SSSR count). The minimum absolute atomic E-state index is 0.110. The summed E-state index contributed by atoms with van der Waals surface area (Å²) in [7, 11) is 0. The third-order valence-electron chi connectivity index (χ3n) is 3.38.